The molecule has 0 aliphatic heterocycles. The van der Waals surface area contributed by atoms with Gasteiger partial charge in [0.15, 0.2) is 0 Å². The molecule has 2 N–H and O–H groups in total. The predicted octanol–water partition coefficient (Wildman–Crippen LogP) is 2.16. The van der Waals surface area contributed by atoms with Crippen molar-refractivity contribution in [1.82, 2.24) is 15.3 Å². The summed E-state index contributed by atoms with van der Waals surface area (Å²) in [5, 5.41) is 6.33. The number of carbonyl (C=O) groups excluding carboxylic acids is 1. The highest BCUT2D eigenvalue weighted by molar-refractivity contribution is 6.32. The van der Waals surface area contributed by atoms with Crippen LogP contribution in [0.5, 0.6) is 0 Å². The van der Waals surface area contributed by atoms with E-state index in [2.05, 4.69) is 20.6 Å². The zero-order valence-electron chi connectivity index (χ0n) is 11.2. The van der Waals surface area contributed by atoms with E-state index in [9.17, 15) is 4.79 Å². The van der Waals surface area contributed by atoms with Crippen molar-refractivity contribution in [3.63, 3.8) is 0 Å². The SMILES string of the molecule is CNC(=O)CCC(C)(C)Nc1nc(C)ncc1Cl. The number of hydrogen-bond acceptors (Lipinski definition) is 4. The molecule has 0 aliphatic rings. The van der Waals surface area contributed by atoms with Crippen LogP contribution in [0.25, 0.3) is 0 Å². The molecular formula is C12H19ClN4O. The van der Waals surface area contributed by atoms with Crippen molar-refractivity contribution in [3.05, 3.63) is 17.0 Å². The quantitative estimate of drug-likeness (QED) is 0.860. The minimum atomic E-state index is -0.267. The van der Waals surface area contributed by atoms with Crippen LogP contribution in [0, 0.1) is 6.92 Å². The third kappa shape index (κ3) is 4.49. The molecule has 0 unspecified atom stereocenters. The summed E-state index contributed by atoms with van der Waals surface area (Å²) < 4.78 is 0. The average molecular weight is 271 g/mol. The summed E-state index contributed by atoms with van der Waals surface area (Å²) in [6.45, 7) is 5.81. The Labute approximate surface area is 112 Å². The van der Waals surface area contributed by atoms with E-state index >= 15 is 0 Å². The highest BCUT2D eigenvalue weighted by Gasteiger charge is 2.20. The van der Waals surface area contributed by atoms with Gasteiger partial charge in [-0.1, -0.05) is 11.6 Å². The molecule has 1 amide bonds. The summed E-state index contributed by atoms with van der Waals surface area (Å²) in [5.74, 6) is 1.28. The standard InChI is InChI=1S/C12H19ClN4O/c1-8-15-7-9(13)11(16-8)17-12(2,3)6-5-10(18)14-4/h7H,5-6H2,1-4H3,(H,14,18)(H,15,16,17). The van der Waals surface area contributed by atoms with Crippen LogP contribution in [0.4, 0.5) is 5.82 Å². The summed E-state index contributed by atoms with van der Waals surface area (Å²) in [6.07, 6.45) is 2.71. The van der Waals surface area contributed by atoms with Crippen molar-refractivity contribution in [3.8, 4) is 0 Å². The number of aryl methyl sites for hydroxylation is 1. The molecule has 6 heteroatoms. The zero-order valence-corrected chi connectivity index (χ0v) is 11.9. The number of nitrogens with one attached hydrogen (secondary N) is 2. The average Bonchev–Trinajstić information content (AvgIpc) is 2.30. The Hall–Kier alpha value is -1.36. The highest BCUT2D eigenvalue weighted by Crippen LogP contribution is 2.24. The lowest BCUT2D eigenvalue weighted by Crippen LogP contribution is -2.33. The van der Waals surface area contributed by atoms with Crippen LogP contribution in [0.2, 0.25) is 5.02 Å². The van der Waals surface area contributed by atoms with Crippen LogP contribution in [-0.4, -0.2) is 28.5 Å². The van der Waals surface area contributed by atoms with Gasteiger partial charge in [-0.25, -0.2) is 9.97 Å². The molecule has 0 radical (unpaired) electrons. The van der Waals surface area contributed by atoms with Crippen LogP contribution in [0.15, 0.2) is 6.20 Å². The van der Waals surface area contributed by atoms with Crippen molar-refractivity contribution in [1.29, 1.82) is 0 Å². The molecule has 0 saturated heterocycles. The normalized spacial score (nSPS) is 11.2. The van der Waals surface area contributed by atoms with E-state index in [1.54, 1.807) is 20.2 Å². The number of anilines is 1. The molecule has 0 saturated carbocycles. The Kier molecular flexibility index (Phi) is 4.90. The van der Waals surface area contributed by atoms with E-state index in [1.807, 2.05) is 13.8 Å². The third-order valence-electron chi connectivity index (χ3n) is 2.58. The van der Waals surface area contributed by atoms with Gasteiger partial charge in [0.25, 0.3) is 0 Å². The maximum atomic E-state index is 11.2. The van der Waals surface area contributed by atoms with Gasteiger partial charge in [-0.05, 0) is 27.2 Å². The molecule has 18 heavy (non-hydrogen) atoms. The maximum Gasteiger partial charge on any atom is 0.219 e. The van der Waals surface area contributed by atoms with E-state index in [1.165, 1.54) is 0 Å². The number of nitrogens with zero attached hydrogens (tertiary/aromatic N) is 2. The van der Waals surface area contributed by atoms with Crippen molar-refractivity contribution in [2.75, 3.05) is 12.4 Å². The van der Waals surface area contributed by atoms with Gasteiger partial charge < -0.3 is 10.6 Å². The Morgan fingerprint density at radius 2 is 2.17 bits per heavy atom. The fourth-order valence-corrected chi connectivity index (χ4v) is 1.62. The van der Waals surface area contributed by atoms with Crippen LogP contribution in [0.1, 0.15) is 32.5 Å². The Balaban J connectivity index is 2.69. The van der Waals surface area contributed by atoms with Gasteiger partial charge in [0.1, 0.15) is 16.7 Å². The topological polar surface area (TPSA) is 66.9 Å². The number of aromatic nitrogens is 2. The van der Waals surface area contributed by atoms with Gasteiger partial charge in [0.05, 0.1) is 6.20 Å². The Morgan fingerprint density at radius 3 is 2.78 bits per heavy atom. The largest absolute Gasteiger partial charge is 0.364 e. The number of carbonyl (C=O) groups is 1. The van der Waals surface area contributed by atoms with Crippen molar-refractivity contribution >= 4 is 23.3 Å². The van der Waals surface area contributed by atoms with Gasteiger partial charge in [-0.15, -0.1) is 0 Å². The first-order valence-electron chi connectivity index (χ1n) is 5.82. The second-order valence-corrected chi connectivity index (χ2v) is 5.20. The molecule has 1 aromatic heterocycles. The van der Waals surface area contributed by atoms with Crippen LogP contribution < -0.4 is 10.6 Å². The second kappa shape index (κ2) is 6.00. The molecule has 5 nitrogen and oxygen atoms in total. The number of hydrogen-bond donors (Lipinski definition) is 2. The fourth-order valence-electron chi connectivity index (χ4n) is 1.48. The smallest absolute Gasteiger partial charge is 0.219 e. The molecule has 0 bridgehead atoms. The van der Waals surface area contributed by atoms with E-state index in [4.69, 9.17) is 11.6 Å². The zero-order chi connectivity index (χ0) is 13.8. The van der Waals surface area contributed by atoms with Crippen LogP contribution in [-0.2, 0) is 4.79 Å². The first-order chi connectivity index (χ1) is 8.34. The lowest BCUT2D eigenvalue weighted by Gasteiger charge is -2.27. The molecule has 1 rings (SSSR count). The van der Waals surface area contributed by atoms with E-state index in [-0.39, 0.29) is 11.4 Å². The molecule has 0 atom stereocenters. The third-order valence-corrected chi connectivity index (χ3v) is 2.85. The van der Waals surface area contributed by atoms with Crippen molar-refractivity contribution < 1.29 is 4.79 Å². The molecule has 0 spiro atoms. The lowest BCUT2D eigenvalue weighted by atomic mass is 9.98. The highest BCUT2D eigenvalue weighted by atomic mass is 35.5. The van der Waals surface area contributed by atoms with Crippen LogP contribution >= 0.6 is 11.6 Å². The van der Waals surface area contributed by atoms with Gasteiger partial charge in [0, 0.05) is 19.0 Å². The number of halogens is 1. The Morgan fingerprint density at radius 1 is 1.50 bits per heavy atom. The van der Waals surface area contributed by atoms with Crippen molar-refractivity contribution in [2.45, 2.75) is 39.2 Å². The van der Waals surface area contributed by atoms with E-state index in [0.29, 0.717) is 29.5 Å². The van der Waals surface area contributed by atoms with Gasteiger partial charge in [-0.3, -0.25) is 4.79 Å². The first-order valence-corrected chi connectivity index (χ1v) is 6.20. The summed E-state index contributed by atoms with van der Waals surface area (Å²) >= 11 is 6.03. The van der Waals surface area contributed by atoms with Gasteiger partial charge >= 0.3 is 0 Å². The summed E-state index contributed by atoms with van der Waals surface area (Å²) in [5.41, 5.74) is -0.267. The van der Waals surface area contributed by atoms with Gasteiger partial charge in [0.2, 0.25) is 5.91 Å². The monoisotopic (exact) mass is 270 g/mol. The van der Waals surface area contributed by atoms with E-state index in [0.717, 1.165) is 0 Å². The molecule has 0 fully saturated rings. The maximum absolute atomic E-state index is 11.2. The van der Waals surface area contributed by atoms with Crippen LogP contribution in [0.3, 0.4) is 0 Å². The molecule has 1 aromatic rings. The minimum absolute atomic E-state index is 0.0230. The molecule has 1 heterocycles. The minimum Gasteiger partial charge on any atom is -0.364 e. The summed E-state index contributed by atoms with van der Waals surface area (Å²) in [6, 6.07) is 0. The Bertz CT molecular complexity index is 434. The summed E-state index contributed by atoms with van der Waals surface area (Å²) in [4.78, 5) is 19.5. The molecular weight excluding hydrogens is 252 g/mol. The molecule has 0 aliphatic carbocycles. The number of amides is 1. The second-order valence-electron chi connectivity index (χ2n) is 4.80. The van der Waals surface area contributed by atoms with E-state index < -0.39 is 0 Å². The van der Waals surface area contributed by atoms with Gasteiger partial charge in [-0.2, -0.15) is 0 Å². The predicted molar refractivity (Wildman–Crippen MR) is 72.8 cm³/mol. The number of rotatable bonds is 5. The lowest BCUT2D eigenvalue weighted by molar-refractivity contribution is -0.120. The summed E-state index contributed by atoms with van der Waals surface area (Å²) in [7, 11) is 1.63. The van der Waals surface area contributed by atoms with Crippen molar-refractivity contribution in [2.24, 2.45) is 0 Å². The first kappa shape index (κ1) is 14.7. The fraction of sp³-hybridized carbons (Fsp3) is 0.583. The molecule has 100 valence electrons. The molecule has 0 aromatic carbocycles.